The van der Waals surface area contributed by atoms with Crippen LogP contribution in [-0.4, -0.2) is 18.7 Å². The van der Waals surface area contributed by atoms with E-state index < -0.39 is 0 Å². The zero-order chi connectivity index (χ0) is 20.5. The quantitative estimate of drug-likeness (QED) is 0.420. The van der Waals surface area contributed by atoms with E-state index in [1.165, 1.54) is 18.3 Å². The molecule has 0 aromatic heterocycles. The van der Waals surface area contributed by atoms with Crippen LogP contribution in [-0.2, 0) is 11.4 Å². The molecule has 0 fully saturated rings. The van der Waals surface area contributed by atoms with Gasteiger partial charge in [0, 0.05) is 21.8 Å². The maximum atomic E-state index is 12.9. The Morgan fingerprint density at radius 3 is 2.55 bits per heavy atom. The van der Waals surface area contributed by atoms with Crippen LogP contribution < -0.4 is 15.5 Å². The van der Waals surface area contributed by atoms with E-state index >= 15 is 0 Å². The molecule has 2 N–H and O–H groups in total. The van der Waals surface area contributed by atoms with Gasteiger partial charge in [-0.25, -0.2) is 9.82 Å². The molecule has 3 rings (SSSR count). The van der Waals surface area contributed by atoms with E-state index in [1.807, 2.05) is 48.5 Å². The summed E-state index contributed by atoms with van der Waals surface area (Å²) >= 11 is 6.15. The number of amides is 1. The molecule has 3 aromatic rings. The third kappa shape index (κ3) is 6.33. The zero-order valence-electron chi connectivity index (χ0n) is 15.4. The van der Waals surface area contributed by atoms with Gasteiger partial charge in [0.05, 0.1) is 12.8 Å². The van der Waals surface area contributed by atoms with Crippen molar-refractivity contribution in [2.75, 3.05) is 11.9 Å². The smallest absolute Gasteiger partial charge is 0.259 e. The molecule has 1 amide bonds. The molecule has 0 spiro atoms. The lowest BCUT2D eigenvalue weighted by atomic mass is 10.2. The summed E-state index contributed by atoms with van der Waals surface area (Å²) in [5, 5.41) is 7.49. The Balaban J connectivity index is 1.53. The molecule has 29 heavy (non-hydrogen) atoms. The first-order valence-electron chi connectivity index (χ1n) is 8.88. The van der Waals surface area contributed by atoms with E-state index in [1.54, 1.807) is 12.1 Å². The molecule has 0 saturated carbocycles. The van der Waals surface area contributed by atoms with Gasteiger partial charge in [-0.15, -0.1) is 0 Å². The second kappa shape index (κ2) is 10.2. The number of anilines is 1. The normalized spacial score (nSPS) is 10.7. The minimum absolute atomic E-state index is 0.00756. The first-order valence-corrected chi connectivity index (χ1v) is 9.26. The summed E-state index contributed by atoms with van der Waals surface area (Å²) in [7, 11) is 0. The third-order valence-electron chi connectivity index (χ3n) is 3.95. The molecule has 5 nitrogen and oxygen atoms in total. The highest BCUT2D eigenvalue weighted by Crippen LogP contribution is 2.20. The minimum Gasteiger partial charge on any atom is -0.488 e. The molecule has 0 atom stereocenters. The second-order valence-electron chi connectivity index (χ2n) is 6.07. The Hall–Kier alpha value is -3.38. The summed E-state index contributed by atoms with van der Waals surface area (Å²) in [6.07, 6.45) is 1.51. The van der Waals surface area contributed by atoms with E-state index in [9.17, 15) is 9.18 Å². The van der Waals surface area contributed by atoms with Crippen molar-refractivity contribution in [1.82, 2.24) is 5.43 Å². The van der Waals surface area contributed by atoms with E-state index in [0.29, 0.717) is 28.6 Å². The van der Waals surface area contributed by atoms with Crippen molar-refractivity contribution in [3.05, 3.63) is 94.8 Å². The average molecular weight is 412 g/mol. The zero-order valence-corrected chi connectivity index (χ0v) is 16.2. The molecule has 148 valence electrons. The van der Waals surface area contributed by atoms with Gasteiger partial charge in [-0.05, 0) is 42.5 Å². The van der Waals surface area contributed by atoms with Crippen molar-refractivity contribution < 1.29 is 13.9 Å². The molecule has 0 unspecified atom stereocenters. The number of nitrogens with one attached hydrogen (secondary N) is 2. The molecule has 0 radical (unpaired) electrons. The first-order chi connectivity index (χ1) is 14.1. The van der Waals surface area contributed by atoms with Crippen molar-refractivity contribution in [2.45, 2.75) is 6.61 Å². The number of carbonyl (C=O) groups excluding carboxylic acids is 1. The van der Waals surface area contributed by atoms with Gasteiger partial charge in [0.25, 0.3) is 5.91 Å². The van der Waals surface area contributed by atoms with Crippen LogP contribution in [0.5, 0.6) is 5.75 Å². The van der Waals surface area contributed by atoms with E-state index in [-0.39, 0.29) is 18.3 Å². The molecule has 0 heterocycles. The van der Waals surface area contributed by atoms with Gasteiger partial charge in [-0.3, -0.25) is 4.79 Å². The monoisotopic (exact) mass is 411 g/mol. The molecular weight excluding hydrogens is 393 g/mol. The van der Waals surface area contributed by atoms with Crippen LogP contribution in [0.2, 0.25) is 5.02 Å². The van der Waals surface area contributed by atoms with Crippen molar-refractivity contribution in [2.24, 2.45) is 5.10 Å². The number of hydrazone groups is 1. The van der Waals surface area contributed by atoms with E-state index in [0.717, 1.165) is 5.56 Å². The van der Waals surface area contributed by atoms with Gasteiger partial charge in [0.1, 0.15) is 18.2 Å². The summed E-state index contributed by atoms with van der Waals surface area (Å²) in [5.74, 6) is -0.0464. The highest BCUT2D eigenvalue weighted by molar-refractivity contribution is 6.31. The highest BCUT2D eigenvalue weighted by atomic mass is 35.5. The van der Waals surface area contributed by atoms with E-state index in [4.69, 9.17) is 16.3 Å². The van der Waals surface area contributed by atoms with Gasteiger partial charge in [-0.1, -0.05) is 41.9 Å². The predicted molar refractivity (Wildman–Crippen MR) is 113 cm³/mol. The Kier molecular flexibility index (Phi) is 7.19. The third-order valence-corrected chi connectivity index (χ3v) is 4.32. The summed E-state index contributed by atoms with van der Waals surface area (Å²) in [6, 6.07) is 20.5. The number of hydrogen-bond acceptors (Lipinski definition) is 4. The Morgan fingerprint density at radius 1 is 1.03 bits per heavy atom. The Labute approximate surface area is 173 Å². The lowest BCUT2D eigenvalue weighted by Crippen LogP contribution is -2.25. The fourth-order valence-corrected chi connectivity index (χ4v) is 2.64. The highest BCUT2D eigenvalue weighted by Gasteiger charge is 2.04. The minimum atomic E-state index is -0.333. The molecule has 7 heteroatoms. The van der Waals surface area contributed by atoms with Crippen LogP contribution in [0.1, 0.15) is 11.1 Å². The van der Waals surface area contributed by atoms with Crippen LogP contribution in [0.15, 0.2) is 77.9 Å². The number of hydrogen-bond donors (Lipinski definition) is 2. The molecule has 0 aliphatic heterocycles. The number of para-hydroxylation sites is 1. The maximum Gasteiger partial charge on any atom is 0.259 e. The molecule has 0 bridgehead atoms. The summed E-state index contributed by atoms with van der Waals surface area (Å²) in [6.45, 7) is 0.325. The van der Waals surface area contributed by atoms with Crippen LogP contribution in [0, 0.1) is 5.82 Å². The van der Waals surface area contributed by atoms with Gasteiger partial charge >= 0.3 is 0 Å². The number of ether oxygens (including phenoxy) is 1. The van der Waals surface area contributed by atoms with Crippen LogP contribution in [0.4, 0.5) is 10.1 Å². The van der Waals surface area contributed by atoms with Gasteiger partial charge in [0.2, 0.25) is 0 Å². The molecule has 0 aliphatic rings. The maximum absolute atomic E-state index is 12.9. The van der Waals surface area contributed by atoms with Crippen LogP contribution in [0.3, 0.4) is 0 Å². The largest absolute Gasteiger partial charge is 0.488 e. The van der Waals surface area contributed by atoms with Crippen LogP contribution in [0.25, 0.3) is 0 Å². The summed E-state index contributed by atoms with van der Waals surface area (Å²) < 4.78 is 18.7. The second-order valence-corrected chi connectivity index (χ2v) is 6.48. The number of rotatable bonds is 8. The number of carbonyl (C=O) groups is 1. The Bertz CT molecular complexity index is 993. The lowest BCUT2D eigenvalue weighted by molar-refractivity contribution is -0.119. The number of halogens is 2. The van der Waals surface area contributed by atoms with Gasteiger partial charge < -0.3 is 10.1 Å². The van der Waals surface area contributed by atoms with E-state index in [2.05, 4.69) is 15.8 Å². The number of benzene rings is 3. The standard InChI is InChI=1S/C22H19ClFN3O2/c23-20-7-3-1-6-17(20)15-29-21-8-4-2-5-16(21)13-26-27-22(28)14-25-19-11-9-18(24)10-12-19/h1-13,25H,14-15H2,(H,27,28)/b26-13-. The topological polar surface area (TPSA) is 62.7 Å². The van der Waals surface area contributed by atoms with Crippen molar-refractivity contribution in [1.29, 1.82) is 0 Å². The molecule has 0 aliphatic carbocycles. The first kappa shape index (κ1) is 20.4. The SMILES string of the molecule is O=C(CNc1ccc(F)cc1)N/N=C\c1ccccc1OCc1ccccc1Cl. The molecule has 3 aromatic carbocycles. The predicted octanol–water partition coefficient (Wildman–Crippen LogP) is 4.62. The fraction of sp³-hybridized carbons (Fsp3) is 0.0909. The van der Waals surface area contributed by atoms with Crippen LogP contribution >= 0.6 is 11.6 Å². The average Bonchev–Trinajstić information content (AvgIpc) is 2.73. The van der Waals surface area contributed by atoms with Gasteiger partial charge in [0.15, 0.2) is 0 Å². The summed E-state index contributed by atoms with van der Waals surface area (Å²) in [4.78, 5) is 11.9. The van der Waals surface area contributed by atoms with Crippen molar-refractivity contribution >= 4 is 29.4 Å². The lowest BCUT2D eigenvalue weighted by Gasteiger charge is -2.10. The fourth-order valence-electron chi connectivity index (χ4n) is 2.45. The summed E-state index contributed by atoms with van der Waals surface area (Å²) in [5.41, 5.74) is 4.67. The van der Waals surface area contributed by atoms with Gasteiger partial charge in [-0.2, -0.15) is 5.10 Å². The molecular formula is C22H19ClFN3O2. The van der Waals surface area contributed by atoms with Crippen molar-refractivity contribution in [3.63, 3.8) is 0 Å². The van der Waals surface area contributed by atoms with Crippen molar-refractivity contribution in [3.8, 4) is 5.75 Å². The molecule has 0 saturated heterocycles. The number of nitrogens with zero attached hydrogens (tertiary/aromatic N) is 1. The Morgan fingerprint density at radius 2 is 1.76 bits per heavy atom.